The number of hydrogen-bond donors (Lipinski definition) is 1. The second-order valence-electron chi connectivity index (χ2n) is 4.11. The van der Waals surface area contributed by atoms with Crippen LogP contribution in [0.2, 0.25) is 0 Å². The van der Waals surface area contributed by atoms with Crippen molar-refractivity contribution in [1.82, 2.24) is 0 Å². The van der Waals surface area contributed by atoms with E-state index in [1.807, 2.05) is 0 Å². The molecule has 0 saturated carbocycles. The third kappa shape index (κ3) is 1.71. The van der Waals surface area contributed by atoms with Gasteiger partial charge in [-0.15, -0.1) is 0 Å². The molecular weight excluding hydrogens is 198 g/mol. The minimum Gasteiger partial charge on any atom is -0.477 e. The zero-order chi connectivity index (χ0) is 10.9. The maximum absolute atomic E-state index is 10.8. The minimum atomic E-state index is -0.979. The lowest BCUT2D eigenvalue weighted by Crippen LogP contribution is -2.45. The first kappa shape index (κ1) is 10.4. The van der Waals surface area contributed by atoms with Crippen LogP contribution in [-0.4, -0.2) is 35.6 Å². The average molecular weight is 213 g/mol. The van der Waals surface area contributed by atoms with Crippen molar-refractivity contribution in [2.45, 2.75) is 31.8 Å². The molecule has 1 saturated heterocycles. The van der Waals surface area contributed by atoms with Crippen molar-refractivity contribution >= 4 is 11.7 Å². The van der Waals surface area contributed by atoms with E-state index in [0.29, 0.717) is 19.6 Å². The number of carbonyl (C=O) groups is 1. The van der Waals surface area contributed by atoms with Crippen LogP contribution in [-0.2, 0) is 14.4 Å². The highest BCUT2D eigenvalue weighted by atomic mass is 16.7. The Morgan fingerprint density at radius 2 is 2.53 bits per heavy atom. The van der Waals surface area contributed by atoms with E-state index in [-0.39, 0.29) is 11.6 Å². The van der Waals surface area contributed by atoms with Crippen LogP contribution in [0.15, 0.2) is 5.16 Å². The van der Waals surface area contributed by atoms with Gasteiger partial charge in [0, 0.05) is 18.8 Å². The van der Waals surface area contributed by atoms with Gasteiger partial charge in [0.1, 0.15) is 0 Å². The van der Waals surface area contributed by atoms with Gasteiger partial charge >= 0.3 is 5.97 Å². The van der Waals surface area contributed by atoms with Crippen LogP contribution in [0.5, 0.6) is 0 Å². The van der Waals surface area contributed by atoms with E-state index in [1.54, 1.807) is 0 Å². The van der Waals surface area contributed by atoms with E-state index in [4.69, 9.17) is 14.7 Å². The van der Waals surface area contributed by atoms with E-state index < -0.39 is 11.6 Å². The van der Waals surface area contributed by atoms with Crippen molar-refractivity contribution in [3.05, 3.63) is 0 Å². The molecule has 2 heterocycles. The van der Waals surface area contributed by atoms with Crippen molar-refractivity contribution in [3.8, 4) is 0 Å². The fourth-order valence-corrected chi connectivity index (χ4v) is 2.28. The summed E-state index contributed by atoms with van der Waals surface area (Å²) in [5.41, 5.74) is -0.281. The normalized spacial score (nSPS) is 35.0. The van der Waals surface area contributed by atoms with Crippen molar-refractivity contribution in [3.63, 3.8) is 0 Å². The van der Waals surface area contributed by atoms with Crippen LogP contribution in [0.4, 0.5) is 0 Å². The van der Waals surface area contributed by atoms with Crippen LogP contribution >= 0.6 is 0 Å². The molecule has 15 heavy (non-hydrogen) atoms. The highest BCUT2D eigenvalue weighted by Gasteiger charge is 2.48. The Labute approximate surface area is 88.0 Å². The van der Waals surface area contributed by atoms with Gasteiger partial charge in [-0.1, -0.05) is 12.1 Å². The molecule has 0 amide bonds. The molecule has 1 spiro atoms. The average Bonchev–Trinajstić information content (AvgIpc) is 2.64. The summed E-state index contributed by atoms with van der Waals surface area (Å²) in [5, 5.41) is 12.5. The second-order valence-corrected chi connectivity index (χ2v) is 4.11. The number of oxime groups is 1. The summed E-state index contributed by atoms with van der Waals surface area (Å²) in [6, 6.07) is 0. The molecule has 2 atom stereocenters. The monoisotopic (exact) mass is 213 g/mol. The fourth-order valence-electron chi connectivity index (χ4n) is 2.28. The Balaban J connectivity index is 2.11. The Hall–Kier alpha value is -1.10. The summed E-state index contributed by atoms with van der Waals surface area (Å²) in [6.45, 7) is 3.32. The Bertz CT molecular complexity index is 302. The molecule has 2 rings (SSSR count). The van der Waals surface area contributed by atoms with Gasteiger partial charge in [-0.25, -0.2) is 4.79 Å². The van der Waals surface area contributed by atoms with E-state index in [9.17, 15) is 4.79 Å². The molecule has 2 aliphatic heterocycles. The maximum atomic E-state index is 10.8. The highest BCUT2D eigenvalue weighted by molar-refractivity contribution is 6.36. The second kappa shape index (κ2) is 3.81. The SMILES string of the molecule is CCC1COCCC12CC(C(=O)O)=NO2. The van der Waals surface area contributed by atoms with Gasteiger partial charge in [0.05, 0.1) is 13.2 Å². The number of rotatable bonds is 2. The number of aliphatic carboxylic acids is 1. The molecule has 84 valence electrons. The van der Waals surface area contributed by atoms with Crippen molar-refractivity contribution in [2.75, 3.05) is 13.2 Å². The summed E-state index contributed by atoms with van der Waals surface area (Å²) in [7, 11) is 0. The zero-order valence-corrected chi connectivity index (χ0v) is 8.73. The standard InChI is InChI=1S/C10H15NO4/c1-2-7-6-14-4-3-10(7)5-8(9(12)13)11-15-10/h7H,2-6H2,1H3,(H,12,13). The lowest BCUT2D eigenvalue weighted by Gasteiger charge is -2.38. The van der Waals surface area contributed by atoms with Crippen molar-refractivity contribution < 1.29 is 19.5 Å². The molecule has 1 N–H and O–H groups in total. The summed E-state index contributed by atoms with van der Waals surface area (Å²) < 4.78 is 5.38. The topological polar surface area (TPSA) is 68.1 Å². The van der Waals surface area contributed by atoms with Gasteiger partial charge in [-0.2, -0.15) is 0 Å². The lowest BCUT2D eigenvalue weighted by atomic mass is 9.78. The van der Waals surface area contributed by atoms with Crippen LogP contribution < -0.4 is 0 Å². The molecule has 5 heteroatoms. The Morgan fingerprint density at radius 1 is 1.73 bits per heavy atom. The highest BCUT2D eigenvalue weighted by Crippen LogP contribution is 2.39. The number of carboxylic acid groups (broad SMARTS) is 1. The van der Waals surface area contributed by atoms with E-state index in [2.05, 4.69) is 12.1 Å². The summed E-state index contributed by atoms with van der Waals surface area (Å²) >= 11 is 0. The predicted molar refractivity (Wildman–Crippen MR) is 52.7 cm³/mol. The van der Waals surface area contributed by atoms with Gasteiger partial charge in [-0.05, 0) is 6.42 Å². The summed E-state index contributed by atoms with van der Waals surface area (Å²) in [6.07, 6.45) is 2.05. The Kier molecular flexibility index (Phi) is 2.65. The van der Waals surface area contributed by atoms with Crippen LogP contribution in [0.25, 0.3) is 0 Å². The molecule has 2 unspecified atom stereocenters. The molecule has 2 aliphatic rings. The van der Waals surface area contributed by atoms with Crippen molar-refractivity contribution in [2.24, 2.45) is 11.1 Å². The maximum Gasteiger partial charge on any atom is 0.353 e. The molecule has 0 aromatic rings. The quantitative estimate of drug-likeness (QED) is 0.744. The molecule has 0 aromatic heterocycles. The van der Waals surface area contributed by atoms with Gasteiger partial charge in [-0.3, -0.25) is 0 Å². The first-order valence-electron chi connectivity index (χ1n) is 5.24. The minimum absolute atomic E-state index is 0.135. The number of carboxylic acids is 1. The van der Waals surface area contributed by atoms with Crippen LogP contribution in [0.1, 0.15) is 26.2 Å². The smallest absolute Gasteiger partial charge is 0.353 e. The number of ether oxygens (including phenoxy) is 1. The molecule has 1 fully saturated rings. The van der Waals surface area contributed by atoms with E-state index in [1.165, 1.54) is 0 Å². The Morgan fingerprint density at radius 3 is 3.13 bits per heavy atom. The molecular formula is C10H15NO4. The molecule has 0 aliphatic carbocycles. The molecule has 0 aromatic carbocycles. The first-order chi connectivity index (χ1) is 7.18. The van der Waals surface area contributed by atoms with Gasteiger partial charge in [0.2, 0.25) is 0 Å². The molecule has 0 bridgehead atoms. The van der Waals surface area contributed by atoms with E-state index >= 15 is 0 Å². The summed E-state index contributed by atoms with van der Waals surface area (Å²) in [4.78, 5) is 16.2. The predicted octanol–water partition coefficient (Wildman–Crippen LogP) is 1.03. The van der Waals surface area contributed by atoms with Gasteiger partial charge in [0.25, 0.3) is 0 Å². The fraction of sp³-hybridized carbons (Fsp3) is 0.800. The third-order valence-electron chi connectivity index (χ3n) is 3.28. The third-order valence-corrected chi connectivity index (χ3v) is 3.28. The van der Waals surface area contributed by atoms with Gasteiger partial charge in [0.15, 0.2) is 11.3 Å². The first-order valence-corrected chi connectivity index (χ1v) is 5.24. The van der Waals surface area contributed by atoms with Gasteiger partial charge < -0.3 is 14.7 Å². The number of nitrogens with zero attached hydrogens (tertiary/aromatic N) is 1. The van der Waals surface area contributed by atoms with E-state index in [0.717, 1.165) is 12.8 Å². The number of hydrogen-bond acceptors (Lipinski definition) is 4. The molecule has 5 nitrogen and oxygen atoms in total. The molecule has 0 radical (unpaired) electrons. The lowest BCUT2D eigenvalue weighted by molar-refractivity contribution is -0.136. The zero-order valence-electron chi connectivity index (χ0n) is 8.73. The van der Waals surface area contributed by atoms with Crippen LogP contribution in [0.3, 0.4) is 0 Å². The van der Waals surface area contributed by atoms with Crippen molar-refractivity contribution in [1.29, 1.82) is 0 Å². The van der Waals surface area contributed by atoms with Crippen LogP contribution in [0, 0.1) is 5.92 Å². The largest absolute Gasteiger partial charge is 0.477 e. The summed E-state index contributed by atoms with van der Waals surface area (Å²) in [5.74, 6) is -0.736.